The highest BCUT2D eigenvalue weighted by Gasteiger charge is 2.25. The lowest BCUT2D eigenvalue weighted by Gasteiger charge is -2.34. The van der Waals surface area contributed by atoms with Crippen LogP contribution in [0.1, 0.15) is 17.3 Å². The van der Waals surface area contributed by atoms with Gasteiger partial charge in [0.05, 0.1) is 15.6 Å². The number of hydrogen-bond acceptors (Lipinski definition) is 2. The molecule has 3 nitrogen and oxygen atoms in total. The molecular formula is C12H14Cl2N2O. The highest BCUT2D eigenvalue weighted by molar-refractivity contribution is 6.43. The molecule has 1 saturated heterocycles. The van der Waals surface area contributed by atoms with E-state index in [2.05, 4.69) is 5.32 Å². The Morgan fingerprint density at radius 3 is 2.94 bits per heavy atom. The van der Waals surface area contributed by atoms with E-state index in [-0.39, 0.29) is 11.9 Å². The molecule has 0 bridgehead atoms. The van der Waals surface area contributed by atoms with Crippen molar-refractivity contribution in [3.05, 3.63) is 33.8 Å². The third-order valence-corrected chi connectivity index (χ3v) is 3.76. The van der Waals surface area contributed by atoms with Crippen LogP contribution >= 0.6 is 23.2 Å². The van der Waals surface area contributed by atoms with E-state index in [1.807, 2.05) is 11.8 Å². The zero-order valence-electron chi connectivity index (χ0n) is 9.54. The standard InChI is InChI=1S/C12H14Cl2N2O/c1-8-7-15-5-6-16(8)12(17)9-3-2-4-10(13)11(9)14/h2-4,8,15H,5-7H2,1H3. The van der Waals surface area contributed by atoms with Crippen molar-refractivity contribution in [3.63, 3.8) is 0 Å². The van der Waals surface area contributed by atoms with Crippen LogP contribution in [0.3, 0.4) is 0 Å². The second-order valence-corrected chi connectivity index (χ2v) is 4.94. The van der Waals surface area contributed by atoms with Gasteiger partial charge in [0, 0.05) is 25.7 Å². The SMILES string of the molecule is CC1CNCCN1C(=O)c1cccc(Cl)c1Cl. The third-order valence-electron chi connectivity index (χ3n) is 2.94. The largest absolute Gasteiger partial charge is 0.333 e. The molecule has 0 radical (unpaired) electrons. The minimum atomic E-state index is -0.0495. The molecule has 1 amide bonds. The average Bonchev–Trinajstić information content (AvgIpc) is 2.32. The Morgan fingerprint density at radius 2 is 2.24 bits per heavy atom. The second-order valence-electron chi connectivity index (χ2n) is 4.15. The van der Waals surface area contributed by atoms with Gasteiger partial charge in [0.15, 0.2) is 0 Å². The van der Waals surface area contributed by atoms with Crippen molar-refractivity contribution in [1.82, 2.24) is 10.2 Å². The van der Waals surface area contributed by atoms with Crippen molar-refractivity contribution in [1.29, 1.82) is 0 Å². The Bertz CT molecular complexity index is 437. The van der Waals surface area contributed by atoms with Crippen molar-refractivity contribution in [2.24, 2.45) is 0 Å². The van der Waals surface area contributed by atoms with Crippen LogP contribution in [0, 0.1) is 0 Å². The number of hydrogen-bond donors (Lipinski definition) is 1. The molecule has 1 aliphatic rings. The lowest BCUT2D eigenvalue weighted by atomic mass is 10.1. The van der Waals surface area contributed by atoms with Crippen LogP contribution in [-0.2, 0) is 0 Å². The summed E-state index contributed by atoms with van der Waals surface area (Å²) in [7, 11) is 0. The maximum absolute atomic E-state index is 12.3. The minimum Gasteiger partial charge on any atom is -0.333 e. The fourth-order valence-electron chi connectivity index (χ4n) is 1.97. The summed E-state index contributed by atoms with van der Waals surface area (Å²) in [5.74, 6) is -0.0495. The van der Waals surface area contributed by atoms with E-state index in [0.717, 1.165) is 13.1 Å². The van der Waals surface area contributed by atoms with Gasteiger partial charge < -0.3 is 10.2 Å². The number of carbonyl (C=O) groups is 1. The fourth-order valence-corrected chi connectivity index (χ4v) is 2.35. The number of carbonyl (C=O) groups excluding carboxylic acids is 1. The molecule has 1 aromatic carbocycles. The quantitative estimate of drug-likeness (QED) is 0.852. The zero-order chi connectivity index (χ0) is 12.4. The van der Waals surface area contributed by atoms with Crippen LogP contribution in [0.4, 0.5) is 0 Å². The van der Waals surface area contributed by atoms with E-state index in [1.54, 1.807) is 18.2 Å². The molecule has 5 heteroatoms. The molecular weight excluding hydrogens is 259 g/mol. The molecule has 1 aliphatic heterocycles. The van der Waals surface area contributed by atoms with Crippen LogP contribution in [0.2, 0.25) is 10.0 Å². The first-order valence-electron chi connectivity index (χ1n) is 5.57. The summed E-state index contributed by atoms with van der Waals surface area (Å²) in [5, 5.41) is 4.00. The van der Waals surface area contributed by atoms with Gasteiger partial charge in [-0.25, -0.2) is 0 Å². The Morgan fingerprint density at radius 1 is 1.47 bits per heavy atom. The van der Waals surface area contributed by atoms with Crippen molar-refractivity contribution in [2.45, 2.75) is 13.0 Å². The van der Waals surface area contributed by atoms with Crippen molar-refractivity contribution in [3.8, 4) is 0 Å². The number of nitrogens with zero attached hydrogens (tertiary/aromatic N) is 1. The smallest absolute Gasteiger partial charge is 0.255 e. The lowest BCUT2D eigenvalue weighted by Crippen LogP contribution is -2.52. The summed E-state index contributed by atoms with van der Waals surface area (Å²) in [6, 6.07) is 5.31. The van der Waals surface area contributed by atoms with E-state index in [9.17, 15) is 4.79 Å². The molecule has 92 valence electrons. The van der Waals surface area contributed by atoms with E-state index in [4.69, 9.17) is 23.2 Å². The average molecular weight is 273 g/mol. The Labute approximate surface area is 111 Å². The molecule has 1 unspecified atom stereocenters. The molecule has 1 N–H and O–H groups in total. The maximum atomic E-state index is 12.3. The molecule has 1 atom stereocenters. The van der Waals surface area contributed by atoms with E-state index < -0.39 is 0 Å². The lowest BCUT2D eigenvalue weighted by molar-refractivity contribution is 0.0656. The Kier molecular flexibility index (Phi) is 3.92. The Hall–Kier alpha value is -0.770. The number of amides is 1. The molecule has 1 heterocycles. The summed E-state index contributed by atoms with van der Waals surface area (Å²) in [4.78, 5) is 14.2. The molecule has 2 rings (SSSR count). The van der Waals surface area contributed by atoms with Gasteiger partial charge >= 0.3 is 0 Å². The van der Waals surface area contributed by atoms with E-state index in [0.29, 0.717) is 22.2 Å². The van der Waals surface area contributed by atoms with Gasteiger partial charge in [0.25, 0.3) is 5.91 Å². The maximum Gasteiger partial charge on any atom is 0.255 e. The minimum absolute atomic E-state index is 0.0495. The molecule has 0 saturated carbocycles. The van der Waals surface area contributed by atoms with Crippen LogP contribution in [-0.4, -0.2) is 36.5 Å². The van der Waals surface area contributed by atoms with Gasteiger partial charge in [0.1, 0.15) is 0 Å². The number of piperazine rings is 1. The first-order valence-corrected chi connectivity index (χ1v) is 6.32. The first-order chi connectivity index (χ1) is 8.11. The summed E-state index contributed by atoms with van der Waals surface area (Å²) in [6.45, 7) is 4.34. The summed E-state index contributed by atoms with van der Waals surface area (Å²) >= 11 is 12.0. The fraction of sp³-hybridized carbons (Fsp3) is 0.417. The van der Waals surface area contributed by atoms with Gasteiger partial charge in [-0.05, 0) is 19.1 Å². The predicted octanol–water partition coefficient (Wildman–Crippen LogP) is 2.43. The Balaban J connectivity index is 2.27. The van der Waals surface area contributed by atoms with Crippen molar-refractivity contribution < 1.29 is 4.79 Å². The topological polar surface area (TPSA) is 32.3 Å². The van der Waals surface area contributed by atoms with Crippen LogP contribution < -0.4 is 5.32 Å². The van der Waals surface area contributed by atoms with Gasteiger partial charge in [-0.2, -0.15) is 0 Å². The van der Waals surface area contributed by atoms with E-state index in [1.165, 1.54) is 0 Å². The van der Waals surface area contributed by atoms with Crippen LogP contribution in [0.5, 0.6) is 0 Å². The van der Waals surface area contributed by atoms with Crippen LogP contribution in [0.25, 0.3) is 0 Å². The van der Waals surface area contributed by atoms with Gasteiger partial charge in [0.2, 0.25) is 0 Å². The van der Waals surface area contributed by atoms with Gasteiger partial charge in [-0.1, -0.05) is 29.3 Å². The van der Waals surface area contributed by atoms with Gasteiger partial charge in [-0.3, -0.25) is 4.79 Å². The zero-order valence-corrected chi connectivity index (χ0v) is 11.1. The highest BCUT2D eigenvalue weighted by atomic mass is 35.5. The summed E-state index contributed by atoms with van der Waals surface area (Å²) in [5.41, 5.74) is 0.480. The van der Waals surface area contributed by atoms with E-state index >= 15 is 0 Å². The first kappa shape index (κ1) is 12.7. The van der Waals surface area contributed by atoms with Crippen molar-refractivity contribution in [2.75, 3.05) is 19.6 Å². The highest BCUT2D eigenvalue weighted by Crippen LogP contribution is 2.27. The molecule has 0 spiro atoms. The summed E-state index contributed by atoms with van der Waals surface area (Å²) in [6.07, 6.45) is 0. The molecule has 0 aromatic heterocycles. The van der Waals surface area contributed by atoms with Crippen molar-refractivity contribution >= 4 is 29.1 Å². The number of halogens is 2. The monoisotopic (exact) mass is 272 g/mol. The third kappa shape index (κ3) is 2.57. The second kappa shape index (κ2) is 5.25. The van der Waals surface area contributed by atoms with Gasteiger partial charge in [-0.15, -0.1) is 0 Å². The summed E-state index contributed by atoms with van der Waals surface area (Å²) < 4.78 is 0. The number of benzene rings is 1. The molecule has 1 fully saturated rings. The number of nitrogens with one attached hydrogen (secondary N) is 1. The predicted molar refractivity (Wildman–Crippen MR) is 69.8 cm³/mol. The molecule has 0 aliphatic carbocycles. The molecule has 17 heavy (non-hydrogen) atoms. The number of rotatable bonds is 1. The van der Waals surface area contributed by atoms with Crippen LogP contribution in [0.15, 0.2) is 18.2 Å². The normalized spacial score (nSPS) is 20.4. The molecule has 1 aromatic rings.